The molecule has 0 spiro atoms. The highest BCUT2D eigenvalue weighted by molar-refractivity contribution is 5.32. The van der Waals surface area contributed by atoms with E-state index in [0.29, 0.717) is 0 Å². The van der Waals surface area contributed by atoms with Crippen LogP contribution in [0.5, 0.6) is 0 Å². The summed E-state index contributed by atoms with van der Waals surface area (Å²) >= 11 is 0. The average Bonchev–Trinajstić information content (AvgIpc) is 2.38. The van der Waals surface area contributed by atoms with Gasteiger partial charge in [-0.15, -0.1) is 0 Å². The van der Waals surface area contributed by atoms with Crippen molar-refractivity contribution in [2.75, 3.05) is 26.3 Å². The second-order valence-corrected chi connectivity index (χ2v) is 3.88. The molecule has 0 aromatic heterocycles. The van der Waals surface area contributed by atoms with E-state index in [0.717, 1.165) is 38.4 Å². The molecule has 0 amide bonds. The SMILES string of the molecule is CCOCCN(CC)Cc1cccc(C#N)c1. The van der Waals surface area contributed by atoms with E-state index >= 15 is 0 Å². The topological polar surface area (TPSA) is 36.3 Å². The van der Waals surface area contributed by atoms with E-state index in [-0.39, 0.29) is 0 Å². The summed E-state index contributed by atoms with van der Waals surface area (Å²) in [5.74, 6) is 0. The summed E-state index contributed by atoms with van der Waals surface area (Å²) in [5, 5.41) is 8.84. The second-order valence-electron chi connectivity index (χ2n) is 3.88. The van der Waals surface area contributed by atoms with E-state index in [9.17, 15) is 0 Å². The third kappa shape index (κ3) is 4.99. The molecule has 1 aromatic carbocycles. The molecule has 0 fully saturated rings. The molecule has 92 valence electrons. The molecule has 3 heteroatoms. The Labute approximate surface area is 104 Å². The van der Waals surface area contributed by atoms with Crippen molar-refractivity contribution < 1.29 is 4.74 Å². The first-order valence-corrected chi connectivity index (χ1v) is 6.09. The Morgan fingerprint density at radius 3 is 2.82 bits per heavy atom. The minimum Gasteiger partial charge on any atom is -0.380 e. The van der Waals surface area contributed by atoms with Crippen molar-refractivity contribution in [2.45, 2.75) is 20.4 Å². The Kier molecular flexibility index (Phi) is 6.31. The molecule has 0 aliphatic carbocycles. The number of nitriles is 1. The minimum absolute atomic E-state index is 0.725. The molecule has 17 heavy (non-hydrogen) atoms. The molecule has 0 N–H and O–H groups in total. The summed E-state index contributed by atoms with van der Waals surface area (Å²) in [6, 6.07) is 9.94. The monoisotopic (exact) mass is 232 g/mol. The van der Waals surface area contributed by atoms with Crippen LogP contribution < -0.4 is 0 Å². The molecule has 0 aliphatic rings. The molecular weight excluding hydrogens is 212 g/mol. The zero-order valence-electron chi connectivity index (χ0n) is 10.6. The summed E-state index contributed by atoms with van der Waals surface area (Å²) < 4.78 is 5.35. The van der Waals surface area contributed by atoms with Crippen LogP contribution in [-0.4, -0.2) is 31.2 Å². The average molecular weight is 232 g/mol. The summed E-state index contributed by atoms with van der Waals surface area (Å²) in [7, 11) is 0. The number of benzene rings is 1. The zero-order valence-corrected chi connectivity index (χ0v) is 10.6. The predicted molar refractivity (Wildman–Crippen MR) is 68.6 cm³/mol. The lowest BCUT2D eigenvalue weighted by Gasteiger charge is -2.20. The van der Waals surface area contributed by atoms with Gasteiger partial charge in [-0.3, -0.25) is 4.90 Å². The largest absolute Gasteiger partial charge is 0.380 e. The van der Waals surface area contributed by atoms with Crippen LogP contribution in [0.3, 0.4) is 0 Å². The van der Waals surface area contributed by atoms with Crippen molar-refractivity contribution in [2.24, 2.45) is 0 Å². The number of ether oxygens (including phenoxy) is 1. The Hall–Kier alpha value is -1.37. The van der Waals surface area contributed by atoms with Gasteiger partial charge in [-0.05, 0) is 31.2 Å². The fraction of sp³-hybridized carbons (Fsp3) is 0.500. The first kappa shape index (κ1) is 13.7. The Bertz CT molecular complexity index is 371. The maximum atomic E-state index is 8.84. The van der Waals surface area contributed by atoms with Gasteiger partial charge in [0.15, 0.2) is 0 Å². The van der Waals surface area contributed by atoms with Crippen molar-refractivity contribution in [3.05, 3.63) is 35.4 Å². The maximum absolute atomic E-state index is 8.84. The van der Waals surface area contributed by atoms with Crippen molar-refractivity contribution >= 4 is 0 Å². The second kappa shape index (κ2) is 7.83. The fourth-order valence-electron chi connectivity index (χ4n) is 1.68. The minimum atomic E-state index is 0.725. The van der Waals surface area contributed by atoms with Gasteiger partial charge >= 0.3 is 0 Å². The molecule has 0 aliphatic heterocycles. The molecule has 0 radical (unpaired) electrons. The lowest BCUT2D eigenvalue weighted by atomic mass is 10.1. The van der Waals surface area contributed by atoms with Crippen molar-refractivity contribution in [3.63, 3.8) is 0 Å². The summed E-state index contributed by atoms with van der Waals surface area (Å²) in [6.07, 6.45) is 0. The van der Waals surface area contributed by atoms with Gasteiger partial charge in [-0.1, -0.05) is 19.1 Å². The molecule has 0 heterocycles. The molecule has 3 nitrogen and oxygen atoms in total. The van der Waals surface area contributed by atoms with E-state index in [2.05, 4.69) is 24.0 Å². The molecule has 0 unspecified atom stereocenters. The highest BCUT2D eigenvalue weighted by atomic mass is 16.5. The van der Waals surface area contributed by atoms with E-state index in [1.165, 1.54) is 5.56 Å². The molecule has 0 saturated heterocycles. The summed E-state index contributed by atoms with van der Waals surface area (Å²) in [5.41, 5.74) is 1.91. The fourth-order valence-corrected chi connectivity index (χ4v) is 1.68. The van der Waals surface area contributed by atoms with Crippen LogP contribution in [0, 0.1) is 11.3 Å². The first-order chi connectivity index (χ1) is 8.30. The smallest absolute Gasteiger partial charge is 0.0991 e. The van der Waals surface area contributed by atoms with Crippen LogP contribution in [-0.2, 0) is 11.3 Å². The predicted octanol–water partition coefficient (Wildman–Crippen LogP) is 2.42. The Morgan fingerprint density at radius 2 is 2.18 bits per heavy atom. The first-order valence-electron chi connectivity index (χ1n) is 6.09. The third-order valence-electron chi connectivity index (χ3n) is 2.67. The van der Waals surface area contributed by atoms with Crippen molar-refractivity contribution in [1.29, 1.82) is 5.26 Å². The van der Waals surface area contributed by atoms with Gasteiger partial charge in [0.25, 0.3) is 0 Å². The molecule has 1 rings (SSSR count). The zero-order chi connectivity index (χ0) is 12.5. The lowest BCUT2D eigenvalue weighted by molar-refractivity contribution is 0.113. The number of hydrogen-bond donors (Lipinski definition) is 0. The standard InChI is InChI=1S/C14H20N2O/c1-3-16(8-9-17-4-2)12-14-7-5-6-13(10-14)11-15/h5-7,10H,3-4,8-9,12H2,1-2H3. The van der Waals surface area contributed by atoms with Gasteiger partial charge in [0, 0.05) is 19.7 Å². The highest BCUT2D eigenvalue weighted by Crippen LogP contribution is 2.07. The third-order valence-corrected chi connectivity index (χ3v) is 2.67. The van der Waals surface area contributed by atoms with Gasteiger partial charge in [0.1, 0.15) is 0 Å². The van der Waals surface area contributed by atoms with Crippen LogP contribution in [0.15, 0.2) is 24.3 Å². The van der Waals surface area contributed by atoms with E-state index in [4.69, 9.17) is 10.00 Å². The van der Waals surface area contributed by atoms with Crippen molar-refractivity contribution in [1.82, 2.24) is 4.90 Å². The van der Waals surface area contributed by atoms with Gasteiger partial charge < -0.3 is 4.74 Å². The normalized spacial score (nSPS) is 10.5. The number of nitrogens with zero attached hydrogens (tertiary/aromatic N) is 2. The molecule has 0 atom stereocenters. The van der Waals surface area contributed by atoms with E-state index < -0.39 is 0 Å². The van der Waals surface area contributed by atoms with Gasteiger partial charge in [-0.25, -0.2) is 0 Å². The summed E-state index contributed by atoms with van der Waals surface area (Å²) in [6.45, 7) is 8.47. The van der Waals surface area contributed by atoms with Gasteiger partial charge in [-0.2, -0.15) is 5.26 Å². The van der Waals surface area contributed by atoms with Gasteiger partial charge in [0.05, 0.1) is 18.2 Å². The summed E-state index contributed by atoms with van der Waals surface area (Å²) in [4.78, 5) is 2.31. The van der Waals surface area contributed by atoms with Crippen LogP contribution in [0.4, 0.5) is 0 Å². The van der Waals surface area contributed by atoms with Crippen molar-refractivity contribution in [3.8, 4) is 6.07 Å². The highest BCUT2D eigenvalue weighted by Gasteiger charge is 2.04. The Balaban J connectivity index is 2.52. The molecule has 0 bridgehead atoms. The Morgan fingerprint density at radius 1 is 1.35 bits per heavy atom. The van der Waals surface area contributed by atoms with Crippen LogP contribution >= 0.6 is 0 Å². The lowest BCUT2D eigenvalue weighted by Crippen LogP contribution is -2.27. The van der Waals surface area contributed by atoms with E-state index in [1.807, 2.05) is 25.1 Å². The molecule has 1 aromatic rings. The van der Waals surface area contributed by atoms with E-state index in [1.54, 1.807) is 0 Å². The molecule has 0 saturated carbocycles. The molecular formula is C14H20N2O. The van der Waals surface area contributed by atoms with Gasteiger partial charge in [0.2, 0.25) is 0 Å². The van der Waals surface area contributed by atoms with Crippen LogP contribution in [0.1, 0.15) is 25.0 Å². The maximum Gasteiger partial charge on any atom is 0.0991 e. The quantitative estimate of drug-likeness (QED) is 0.677. The number of hydrogen-bond acceptors (Lipinski definition) is 3. The van der Waals surface area contributed by atoms with Crippen LogP contribution in [0.2, 0.25) is 0 Å². The van der Waals surface area contributed by atoms with Crippen LogP contribution in [0.25, 0.3) is 0 Å². The number of rotatable bonds is 7. The number of likely N-dealkylation sites (N-methyl/N-ethyl adjacent to an activating group) is 1.